The summed E-state index contributed by atoms with van der Waals surface area (Å²) in [6.45, 7) is 0. The Morgan fingerprint density at radius 1 is 0.846 bits per heavy atom. The molecule has 0 saturated carbocycles. The number of carbonyl (C=O) groups excluding carboxylic acids is 2. The summed E-state index contributed by atoms with van der Waals surface area (Å²) in [5, 5.41) is 0. The van der Waals surface area contributed by atoms with Gasteiger partial charge in [-0.15, -0.1) is 0 Å². The van der Waals surface area contributed by atoms with Gasteiger partial charge in [0, 0.05) is 5.92 Å². The van der Waals surface area contributed by atoms with E-state index in [9.17, 15) is 9.59 Å². The Balaban J connectivity index is 2.46. The van der Waals surface area contributed by atoms with Crippen molar-refractivity contribution in [3.05, 3.63) is 71.8 Å². The quantitative estimate of drug-likeness (QED) is 0.563. The standard InChI is InChI=1S/C21H22O5/c1-24-17-12-10-16(11-13-17)18(14-9-15-7-5-4-6-8-15)19(20(22)25-2)21(23)26-3/h4-14,18-19H,1-3H3/b14-9+/t18-/m0/s1. The Labute approximate surface area is 153 Å². The van der Waals surface area contributed by atoms with Crippen molar-refractivity contribution in [1.29, 1.82) is 0 Å². The van der Waals surface area contributed by atoms with E-state index in [-0.39, 0.29) is 0 Å². The fourth-order valence-electron chi connectivity index (χ4n) is 2.66. The van der Waals surface area contributed by atoms with Crippen molar-refractivity contribution in [2.24, 2.45) is 5.92 Å². The van der Waals surface area contributed by atoms with Gasteiger partial charge in [0.05, 0.1) is 21.3 Å². The number of esters is 2. The first-order valence-corrected chi connectivity index (χ1v) is 8.13. The summed E-state index contributed by atoms with van der Waals surface area (Å²) in [6, 6.07) is 16.8. The molecule has 0 amide bonds. The van der Waals surface area contributed by atoms with Crippen LogP contribution in [0.4, 0.5) is 0 Å². The number of hydrogen-bond donors (Lipinski definition) is 0. The van der Waals surface area contributed by atoms with E-state index in [1.165, 1.54) is 14.2 Å². The predicted molar refractivity (Wildman–Crippen MR) is 98.7 cm³/mol. The molecule has 0 bridgehead atoms. The van der Waals surface area contributed by atoms with Crippen molar-refractivity contribution >= 4 is 18.0 Å². The predicted octanol–water partition coefficient (Wildman–Crippen LogP) is 3.45. The number of ether oxygens (including phenoxy) is 3. The molecule has 0 fully saturated rings. The van der Waals surface area contributed by atoms with Crippen LogP contribution in [0.2, 0.25) is 0 Å². The topological polar surface area (TPSA) is 61.8 Å². The SMILES string of the molecule is COC(=O)C(C(=O)OC)[C@@H](/C=C/c1ccccc1)c1ccc(OC)cc1. The fourth-order valence-corrected chi connectivity index (χ4v) is 2.66. The third kappa shape index (κ3) is 4.72. The molecule has 0 aromatic heterocycles. The van der Waals surface area contributed by atoms with Crippen LogP contribution >= 0.6 is 0 Å². The third-order valence-electron chi connectivity index (χ3n) is 4.07. The first kappa shape index (κ1) is 19.2. The number of hydrogen-bond acceptors (Lipinski definition) is 5. The van der Waals surface area contributed by atoms with Crippen molar-refractivity contribution in [3.8, 4) is 5.75 Å². The van der Waals surface area contributed by atoms with E-state index in [2.05, 4.69) is 0 Å². The summed E-state index contributed by atoms with van der Waals surface area (Å²) < 4.78 is 14.8. The second-order valence-corrected chi connectivity index (χ2v) is 5.59. The van der Waals surface area contributed by atoms with Crippen LogP contribution in [-0.2, 0) is 19.1 Å². The minimum Gasteiger partial charge on any atom is -0.497 e. The van der Waals surface area contributed by atoms with Gasteiger partial charge in [-0.2, -0.15) is 0 Å². The minimum absolute atomic E-state index is 0.541. The summed E-state index contributed by atoms with van der Waals surface area (Å²) in [5.41, 5.74) is 1.73. The van der Waals surface area contributed by atoms with Crippen LogP contribution in [0.1, 0.15) is 17.0 Å². The largest absolute Gasteiger partial charge is 0.497 e. The molecule has 26 heavy (non-hydrogen) atoms. The number of allylic oxidation sites excluding steroid dienone is 1. The zero-order valence-electron chi connectivity index (χ0n) is 15.0. The van der Waals surface area contributed by atoms with Crippen LogP contribution in [0.25, 0.3) is 6.08 Å². The molecule has 0 aliphatic heterocycles. The van der Waals surface area contributed by atoms with Crippen LogP contribution in [0.3, 0.4) is 0 Å². The molecule has 0 saturated heterocycles. The maximum Gasteiger partial charge on any atom is 0.321 e. The van der Waals surface area contributed by atoms with Gasteiger partial charge in [0.1, 0.15) is 5.75 Å². The lowest BCUT2D eigenvalue weighted by Gasteiger charge is -2.21. The maximum absolute atomic E-state index is 12.3. The Morgan fingerprint density at radius 2 is 1.42 bits per heavy atom. The Kier molecular flexibility index (Phi) is 6.97. The average molecular weight is 354 g/mol. The second kappa shape index (κ2) is 9.42. The van der Waals surface area contributed by atoms with Crippen LogP contribution < -0.4 is 4.74 Å². The fraction of sp³-hybridized carbons (Fsp3) is 0.238. The summed E-state index contributed by atoms with van der Waals surface area (Å²) in [4.78, 5) is 24.6. The van der Waals surface area contributed by atoms with E-state index in [1.54, 1.807) is 19.2 Å². The molecule has 5 heteroatoms. The third-order valence-corrected chi connectivity index (χ3v) is 4.07. The van der Waals surface area contributed by atoms with E-state index in [0.29, 0.717) is 5.75 Å². The highest BCUT2D eigenvalue weighted by atomic mass is 16.5. The monoisotopic (exact) mass is 354 g/mol. The van der Waals surface area contributed by atoms with E-state index in [1.807, 2.05) is 54.6 Å². The highest BCUT2D eigenvalue weighted by molar-refractivity contribution is 5.96. The molecular formula is C21H22O5. The van der Waals surface area contributed by atoms with Crippen LogP contribution in [-0.4, -0.2) is 33.3 Å². The summed E-state index contributed by atoms with van der Waals surface area (Å²) >= 11 is 0. The van der Waals surface area contributed by atoms with Gasteiger partial charge in [-0.3, -0.25) is 9.59 Å². The molecule has 0 radical (unpaired) electrons. The van der Waals surface area contributed by atoms with Crippen LogP contribution in [0, 0.1) is 5.92 Å². The Bertz CT molecular complexity index is 734. The number of methoxy groups -OCH3 is 3. The number of rotatable bonds is 7. The molecule has 2 aromatic rings. The van der Waals surface area contributed by atoms with Crippen LogP contribution in [0.15, 0.2) is 60.7 Å². The van der Waals surface area contributed by atoms with Crippen molar-refractivity contribution in [1.82, 2.24) is 0 Å². The lowest BCUT2D eigenvalue weighted by atomic mass is 9.85. The molecule has 1 atom stereocenters. The molecule has 0 aliphatic rings. The molecule has 0 aliphatic carbocycles. The zero-order chi connectivity index (χ0) is 18.9. The molecular weight excluding hydrogens is 332 g/mol. The molecule has 2 aromatic carbocycles. The minimum atomic E-state index is -1.10. The Morgan fingerprint density at radius 3 is 1.92 bits per heavy atom. The van der Waals surface area contributed by atoms with Gasteiger partial charge in [0.25, 0.3) is 0 Å². The van der Waals surface area contributed by atoms with Gasteiger partial charge < -0.3 is 14.2 Å². The average Bonchev–Trinajstić information content (AvgIpc) is 2.71. The molecule has 0 N–H and O–H groups in total. The van der Waals surface area contributed by atoms with Gasteiger partial charge in [-0.1, -0.05) is 54.6 Å². The molecule has 136 valence electrons. The highest BCUT2D eigenvalue weighted by Crippen LogP contribution is 2.30. The first-order valence-electron chi connectivity index (χ1n) is 8.13. The van der Waals surface area contributed by atoms with E-state index in [0.717, 1.165) is 11.1 Å². The summed E-state index contributed by atoms with van der Waals surface area (Å²) in [7, 11) is 4.09. The van der Waals surface area contributed by atoms with Crippen molar-refractivity contribution < 1.29 is 23.8 Å². The van der Waals surface area contributed by atoms with E-state index >= 15 is 0 Å². The first-order chi connectivity index (χ1) is 12.6. The van der Waals surface area contributed by atoms with Crippen LogP contribution in [0.5, 0.6) is 5.75 Å². The van der Waals surface area contributed by atoms with E-state index < -0.39 is 23.8 Å². The molecule has 0 heterocycles. The highest BCUT2D eigenvalue weighted by Gasteiger charge is 2.36. The summed E-state index contributed by atoms with van der Waals surface area (Å²) in [6.07, 6.45) is 3.68. The number of benzene rings is 2. The normalized spacial score (nSPS) is 12.0. The zero-order valence-corrected chi connectivity index (χ0v) is 15.0. The Hall–Kier alpha value is -3.08. The smallest absolute Gasteiger partial charge is 0.321 e. The van der Waals surface area contributed by atoms with Gasteiger partial charge in [0.2, 0.25) is 0 Å². The van der Waals surface area contributed by atoms with Crippen molar-refractivity contribution in [2.75, 3.05) is 21.3 Å². The van der Waals surface area contributed by atoms with Gasteiger partial charge in [0.15, 0.2) is 5.92 Å². The lowest BCUT2D eigenvalue weighted by molar-refractivity contribution is -0.159. The molecule has 5 nitrogen and oxygen atoms in total. The molecule has 2 rings (SSSR count). The second-order valence-electron chi connectivity index (χ2n) is 5.59. The van der Waals surface area contributed by atoms with Gasteiger partial charge in [-0.05, 0) is 23.3 Å². The lowest BCUT2D eigenvalue weighted by Crippen LogP contribution is -2.31. The van der Waals surface area contributed by atoms with Crippen molar-refractivity contribution in [3.63, 3.8) is 0 Å². The number of carbonyl (C=O) groups is 2. The van der Waals surface area contributed by atoms with Gasteiger partial charge >= 0.3 is 11.9 Å². The maximum atomic E-state index is 12.3. The van der Waals surface area contributed by atoms with Crippen molar-refractivity contribution in [2.45, 2.75) is 5.92 Å². The van der Waals surface area contributed by atoms with E-state index in [4.69, 9.17) is 14.2 Å². The molecule has 0 unspecified atom stereocenters. The summed E-state index contributed by atoms with van der Waals surface area (Å²) in [5.74, 6) is -2.24. The van der Waals surface area contributed by atoms with Gasteiger partial charge in [-0.25, -0.2) is 0 Å². The molecule has 0 spiro atoms.